The molecule has 8 heteroatoms. The maximum atomic E-state index is 12.6. The first-order valence-corrected chi connectivity index (χ1v) is 8.98. The van der Waals surface area contributed by atoms with Crippen LogP contribution in [0.5, 0.6) is 0 Å². The molecule has 0 bridgehead atoms. The van der Waals surface area contributed by atoms with E-state index in [4.69, 9.17) is 10.3 Å². The second kappa shape index (κ2) is 7.25. The van der Waals surface area contributed by atoms with E-state index in [-0.39, 0.29) is 25.5 Å². The van der Waals surface area contributed by atoms with Crippen molar-refractivity contribution in [2.24, 2.45) is 5.11 Å². The van der Waals surface area contributed by atoms with Crippen LogP contribution >= 0.6 is 0 Å². The lowest BCUT2D eigenvalue weighted by Gasteiger charge is -2.22. The summed E-state index contributed by atoms with van der Waals surface area (Å²) in [7, 11) is 0. The average molecular weight is 378 g/mol. The summed E-state index contributed by atoms with van der Waals surface area (Å²) in [5.41, 5.74) is 13.0. The van der Waals surface area contributed by atoms with E-state index in [9.17, 15) is 14.7 Å². The Hall–Kier alpha value is -3.51. The maximum absolute atomic E-state index is 12.6. The number of azide groups is 1. The number of benzene rings is 2. The number of hydrogen-bond donors (Lipinski definition) is 1. The Balaban J connectivity index is 1.52. The molecule has 2 aliphatic rings. The average Bonchev–Trinajstić information content (AvgIpc) is 3.26. The number of aliphatic carboxylic acids is 1. The predicted octanol–water partition coefficient (Wildman–Crippen LogP) is 3.77. The molecule has 1 fully saturated rings. The summed E-state index contributed by atoms with van der Waals surface area (Å²) in [6.45, 7) is 0.152. The summed E-state index contributed by atoms with van der Waals surface area (Å²) >= 11 is 0. The molecular formula is C20H18N4O4. The normalized spacial score (nSPS) is 20.2. The number of fused-ring (bicyclic) bond motifs is 3. The lowest BCUT2D eigenvalue weighted by molar-refractivity contribution is -0.141. The van der Waals surface area contributed by atoms with Gasteiger partial charge in [0.1, 0.15) is 12.6 Å². The van der Waals surface area contributed by atoms with Crippen molar-refractivity contribution in [2.75, 3.05) is 13.2 Å². The molecule has 0 spiro atoms. The Morgan fingerprint density at radius 2 is 1.75 bits per heavy atom. The molecule has 8 nitrogen and oxygen atoms in total. The summed E-state index contributed by atoms with van der Waals surface area (Å²) in [6.07, 6.45) is -0.617. The molecule has 0 saturated carbocycles. The predicted molar refractivity (Wildman–Crippen MR) is 101 cm³/mol. The summed E-state index contributed by atoms with van der Waals surface area (Å²) in [5.74, 6) is -1.24. The third-order valence-corrected chi connectivity index (χ3v) is 5.35. The molecular weight excluding hydrogens is 360 g/mol. The number of amides is 1. The number of hydrogen-bond acceptors (Lipinski definition) is 4. The highest BCUT2D eigenvalue weighted by atomic mass is 16.6. The largest absolute Gasteiger partial charge is 0.480 e. The van der Waals surface area contributed by atoms with Crippen molar-refractivity contribution in [3.05, 3.63) is 70.1 Å². The van der Waals surface area contributed by atoms with Crippen molar-refractivity contribution < 1.29 is 19.4 Å². The van der Waals surface area contributed by atoms with Crippen LogP contribution in [-0.2, 0) is 9.53 Å². The van der Waals surface area contributed by atoms with E-state index in [1.54, 1.807) is 0 Å². The monoisotopic (exact) mass is 378 g/mol. The molecule has 2 aromatic carbocycles. The Labute approximate surface area is 161 Å². The van der Waals surface area contributed by atoms with E-state index < -0.39 is 24.1 Å². The van der Waals surface area contributed by atoms with Gasteiger partial charge in [-0.05, 0) is 34.2 Å². The minimum absolute atomic E-state index is 0.0394. The van der Waals surface area contributed by atoms with E-state index >= 15 is 0 Å². The molecule has 142 valence electrons. The Morgan fingerprint density at radius 1 is 1.14 bits per heavy atom. The fourth-order valence-electron chi connectivity index (χ4n) is 4.08. The lowest BCUT2D eigenvalue weighted by atomic mass is 9.98. The summed E-state index contributed by atoms with van der Waals surface area (Å²) in [5, 5.41) is 12.9. The van der Waals surface area contributed by atoms with Crippen LogP contribution in [0.3, 0.4) is 0 Å². The van der Waals surface area contributed by atoms with Crippen LogP contribution in [0.2, 0.25) is 0 Å². The molecule has 1 heterocycles. The van der Waals surface area contributed by atoms with Gasteiger partial charge in [0.2, 0.25) is 0 Å². The van der Waals surface area contributed by atoms with Gasteiger partial charge in [-0.25, -0.2) is 9.59 Å². The van der Waals surface area contributed by atoms with Crippen LogP contribution in [-0.4, -0.2) is 47.3 Å². The molecule has 2 unspecified atom stereocenters. The molecule has 1 N–H and O–H groups in total. The van der Waals surface area contributed by atoms with Gasteiger partial charge < -0.3 is 9.84 Å². The number of carbonyl (C=O) groups excluding carboxylic acids is 1. The van der Waals surface area contributed by atoms with Gasteiger partial charge in [0.05, 0.1) is 6.04 Å². The molecule has 1 saturated heterocycles. The highest BCUT2D eigenvalue weighted by Crippen LogP contribution is 2.44. The van der Waals surface area contributed by atoms with Gasteiger partial charge in [0.25, 0.3) is 0 Å². The van der Waals surface area contributed by atoms with Crippen molar-refractivity contribution in [1.29, 1.82) is 0 Å². The minimum atomic E-state index is -1.14. The minimum Gasteiger partial charge on any atom is -0.480 e. The number of carboxylic acid groups (broad SMARTS) is 1. The van der Waals surface area contributed by atoms with Crippen LogP contribution in [0, 0.1) is 0 Å². The van der Waals surface area contributed by atoms with Crippen LogP contribution in [0.1, 0.15) is 23.5 Å². The Bertz CT molecular complexity index is 940. The van der Waals surface area contributed by atoms with Crippen molar-refractivity contribution in [3.63, 3.8) is 0 Å². The summed E-state index contributed by atoms with van der Waals surface area (Å²) < 4.78 is 5.52. The maximum Gasteiger partial charge on any atom is 0.410 e. The number of rotatable bonds is 4. The highest BCUT2D eigenvalue weighted by molar-refractivity contribution is 5.81. The molecule has 1 amide bonds. The number of carbonyl (C=O) groups is 2. The molecule has 0 radical (unpaired) electrons. The van der Waals surface area contributed by atoms with Crippen LogP contribution in [0.25, 0.3) is 21.6 Å². The third-order valence-electron chi connectivity index (χ3n) is 5.35. The van der Waals surface area contributed by atoms with Crippen LogP contribution in [0.4, 0.5) is 4.79 Å². The summed E-state index contributed by atoms with van der Waals surface area (Å²) in [4.78, 5) is 27.9. The standard InChI is InChI=1S/C20H18N4O4/c21-23-22-12-9-18(19(25)26)24(10-12)20(27)28-11-17-15-7-3-1-5-13(15)14-6-2-4-8-16(14)17/h1-8,12,17-18H,9-11H2,(H,25,26). The van der Waals surface area contributed by atoms with E-state index in [2.05, 4.69) is 10.0 Å². The smallest absolute Gasteiger partial charge is 0.410 e. The number of carboxylic acids is 1. The molecule has 1 aliphatic carbocycles. The lowest BCUT2D eigenvalue weighted by Crippen LogP contribution is -2.41. The number of likely N-dealkylation sites (tertiary alicyclic amines) is 1. The zero-order chi connectivity index (χ0) is 19.7. The van der Waals surface area contributed by atoms with Gasteiger partial charge in [0.15, 0.2) is 0 Å². The second-order valence-electron chi connectivity index (χ2n) is 6.90. The van der Waals surface area contributed by atoms with E-state index in [0.717, 1.165) is 27.2 Å². The first kappa shape index (κ1) is 17.9. The van der Waals surface area contributed by atoms with Crippen LogP contribution < -0.4 is 0 Å². The molecule has 0 aromatic heterocycles. The number of ether oxygens (including phenoxy) is 1. The second-order valence-corrected chi connectivity index (χ2v) is 6.90. The van der Waals surface area contributed by atoms with Gasteiger partial charge in [-0.15, -0.1) is 0 Å². The zero-order valence-corrected chi connectivity index (χ0v) is 14.9. The van der Waals surface area contributed by atoms with Gasteiger partial charge in [0, 0.05) is 17.4 Å². The van der Waals surface area contributed by atoms with Crippen molar-refractivity contribution in [3.8, 4) is 11.1 Å². The van der Waals surface area contributed by atoms with E-state index in [1.807, 2.05) is 48.5 Å². The van der Waals surface area contributed by atoms with Crippen molar-refractivity contribution >= 4 is 12.1 Å². The van der Waals surface area contributed by atoms with E-state index in [0.29, 0.717) is 0 Å². The first-order chi connectivity index (χ1) is 13.6. The molecule has 28 heavy (non-hydrogen) atoms. The van der Waals surface area contributed by atoms with Gasteiger partial charge in [-0.1, -0.05) is 53.6 Å². The topological polar surface area (TPSA) is 116 Å². The summed E-state index contributed by atoms with van der Waals surface area (Å²) in [6, 6.07) is 14.3. The highest BCUT2D eigenvalue weighted by Gasteiger charge is 2.40. The van der Waals surface area contributed by atoms with Gasteiger partial charge >= 0.3 is 12.1 Å². The Morgan fingerprint density at radius 3 is 2.32 bits per heavy atom. The molecule has 2 atom stereocenters. The fraction of sp³-hybridized carbons (Fsp3) is 0.300. The quantitative estimate of drug-likeness (QED) is 0.495. The van der Waals surface area contributed by atoms with Gasteiger partial charge in [-0.3, -0.25) is 4.90 Å². The molecule has 2 aromatic rings. The van der Waals surface area contributed by atoms with Crippen molar-refractivity contribution in [2.45, 2.75) is 24.4 Å². The molecule has 4 rings (SSSR count). The third kappa shape index (κ3) is 3.04. The van der Waals surface area contributed by atoms with Crippen LogP contribution in [0.15, 0.2) is 53.6 Å². The SMILES string of the molecule is [N-]=[N+]=NC1CC(C(=O)O)N(C(=O)OCC2c3ccccc3-c3ccccc32)C1. The zero-order valence-electron chi connectivity index (χ0n) is 14.9. The Kier molecular flexibility index (Phi) is 4.63. The van der Waals surface area contributed by atoms with Gasteiger partial charge in [-0.2, -0.15) is 0 Å². The van der Waals surface area contributed by atoms with E-state index in [1.165, 1.54) is 0 Å². The molecule has 1 aliphatic heterocycles. The first-order valence-electron chi connectivity index (χ1n) is 8.98. The number of nitrogens with zero attached hydrogens (tertiary/aromatic N) is 4. The fourth-order valence-corrected chi connectivity index (χ4v) is 4.08. The van der Waals surface area contributed by atoms with Crippen molar-refractivity contribution in [1.82, 2.24) is 4.90 Å².